The molecule has 0 spiro atoms. The van der Waals surface area contributed by atoms with Crippen molar-refractivity contribution < 1.29 is 8.78 Å². The number of aromatic nitrogens is 2. The lowest BCUT2D eigenvalue weighted by molar-refractivity contribution is 0.175. The van der Waals surface area contributed by atoms with E-state index < -0.39 is 11.6 Å². The summed E-state index contributed by atoms with van der Waals surface area (Å²) < 4.78 is 29.3. The van der Waals surface area contributed by atoms with E-state index in [-0.39, 0.29) is 17.5 Å². The van der Waals surface area contributed by atoms with Gasteiger partial charge in [0.05, 0.1) is 11.6 Å². The maximum absolute atomic E-state index is 13.9. The van der Waals surface area contributed by atoms with Crippen molar-refractivity contribution in [1.29, 1.82) is 0 Å². The molecule has 2 aromatic rings. The molecule has 0 radical (unpaired) electrons. The Morgan fingerprint density at radius 2 is 1.95 bits per heavy atom. The number of hydrogen-bond donors (Lipinski definition) is 1. The summed E-state index contributed by atoms with van der Waals surface area (Å²) in [6, 6.07) is 2.77. The van der Waals surface area contributed by atoms with E-state index in [9.17, 15) is 8.78 Å². The topological polar surface area (TPSA) is 47.1 Å². The van der Waals surface area contributed by atoms with Gasteiger partial charge in [-0.05, 0) is 25.8 Å². The van der Waals surface area contributed by atoms with E-state index in [2.05, 4.69) is 9.88 Å². The number of benzene rings is 1. The summed E-state index contributed by atoms with van der Waals surface area (Å²) in [4.78, 5) is 6.58. The van der Waals surface area contributed by atoms with Crippen LogP contribution >= 0.6 is 0 Å². The fourth-order valence-corrected chi connectivity index (χ4v) is 4.01. The van der Waals surface area contributed by atoms with Gasteiger partial charge in [0.25, 0.3) is 0 Å². The van der Waals surface area contributed by atoms with Gasteiger partial charge in [0, 0.05) is 24.7 Å². The highest BCUT2D eigenvalue weighted by atomic mass is 19.1. The number of fused-ring (bicyclic) bond motifs is 2. The molecule has 2 N–H and O–H groups in total. The number of halogens is 2. The van der Waals surface area contributed by atoms with Crippen LogP contribution in [0.2, 0.25) is 0 Å². The average Bonchev–Trinajstić information content (AvgIpc) is 3.00. The van der Waals surface area contributed by atoms with Crippen molar-refractivity contribution in [2.24, 2.45) is 0 Å². The first-order chi connectivity index (χ1) is 10.1. The molecule has 6 heteroatoms. The number of hydrogen-bond acceptors (Lipinski definition) is 3. The molecule has 2 aliphatic rings. The van der Waals surface area contributed by atoms with E-state index in [0.717, 1.165) is 32.0 Å². The molecular weight excluding hydrogens is 274 g/mol. The number of nitrogens with zero attached hydrogens (tertiary/aromatic N) is 3. The molecule has 0 aliphatic carbocycles. The number of piperidine rings is 1. The second-order valence-electron chi connectivity index (χ2n) is 6.05. The number of nitrogen functional groups attached to an aromatic ring is 1. The van der Waals surface area contributed by atoms with Crippen molar-refractivity contribution in [1.82, 2.24) is 14.5 Å². The number of rotatable bonds is 1. The zero-order valence-corrected chi connectivity index (χ0v) is 11.7. The quantitative estimate of drug-likeness (QED) is 0.879. The minimum absolute atomic E-state index is 0.163. The molecule has 2 saturated heterocycles. The fourth-order valence-electron chi connectivity index (χ4n) is 4.01. The Balaban J connectivity index is 1.84. The van der Waals surface area contributed by atoms with E-state index in [1.807, 2.05) is 4.57 Å². The Morgan fingerprint density at radius 3 is 2.81 bits per heavy atom. The largest absolute Gasteiger partial charge is 0.369 e. The molecule has 2 atom stereocenters. The number of imidazole rings is 1. The highest BCUT2D eigenvalue weighted by Gasteiger charge is 2.38. The van der Waals surface area contributed by atoms with Gasteiger partial charge in [0.15, 0.2) is 5.82 Å². The number of nitrogens with two attached hydrogens (primary N) is 1. The van der Waals surface area contributed by atoms with E-state index in [1.54, 1.807) is 0 Å². The third kappa shape index (κ3) is 1.92. The average molecular weight is 292 g/mol. The van der Waals surface area contributed by atoms with Gasteiger partial charge >= 0.3 is 0 Å². The maximum Gasteiger partial charge on any atom is 0.201 e. The van der Waals surface area contributed by atoms with Crippen molar-refractivity contribution in [2.75, 3.05) is 18.8 Å². The van der Waals surface area contributed by atoms with Crippen molar-refractivity contribution in [2.45, 2.75) is 37.8 Å². The van der Waals surface area contributed by atoms with Gasteiger partial charge in [0.2, 0.25) is 5.95 Å². The summed E-state index contributed by atoms with van der Waals surface area (Å²) in [5, 5.41) is 0. The normalized spacial score (nSPS) is 26.4. The predicted molar refractivity (Wildman–Crippen MR) is 76.9 cm³/mol. The van der Waals surface area contributed by atoms with Gasteiger partial charge < -0.3 is 10.3 Å². The first kappa shape index (κ1) is 13.0. The molecule has 2 unspecified atom stereocenters. The Morgan fingerprint density at radius 1 is 1.10 bits per heavy atom. The second kappa shape index (κ2) is 4.66. The summed E-state index contributed by atoms with van der Waals surface area (Å²) in [6.07, 6.45) is 4.50. The van der Waals surface area contributed by atoms with Crippen LogP contribution in [0.1, 0.15) is 31.7 Å². The fraction of sp³-hybridized carbons (Fsp3) is 0.533. The Labute approximate surface area is 121 Å². The third-order valence-corrected chi connectivity index (χ3v) is 4.89. The molecule has 2 fully saturated rings. The summed E-state index contributed by atoms with van der Waals surface area (Å²) in [6.45, 7) is 2.13. The first-order valence-electron chi connectivity index (χ1n) is 7.51. The van der Waals surface area contributed by atoms with E-state index in [1.165, 1.54) is 18.9 Å². The molecule has 2 aliphatic heterocycles. The smallest absolute Gasteiger partial charge is 0.201 e. The summed E-state index contributed by atoms with van der Waals surface area (Å²) in [5.74, 6) is -0.944. The molecule has 4 rings (SSSR count). The summed E-state index contributed by atoms with van der Waals surface area (Å²) in [7, 11) is 0. The molecule has 112 valence electrons. The zero-order chi connectivity index (χ0) is 14.6. The van der Waals surface area contributed by atoms with Crippen LogP contribution < -0.4 is 5.73 Å². The van der Waals surface area contributed by atoms with Crippen molar-refractivity contribution in [3.05, 3.63) is 23.8 Å². The molecule has 0 saturated carbocycles. The van der Waals surface area contributed by atoms with Crippen LogP contribution in [0, 0.1) is 11.6 Å². The molecule has 3 heterocycles. The van der Waals surface area contributed by atoms with Gasteiger partial charge in [-0.1, -0.05) is 6.42 Å². The summed E-state index contributed by atoms with van der Waals surface area (Å²) >= 11 is 0. The highest BCUT2D eigenvalue weighted by molar-refractivity contribution is 5.79. The molecule has 0 bridgehead atoms. The molecule has 1 aromatic carbocycles. The minimum Gasteiger partial charge on any atom is -0.369 e. The van der Waals surface area contributed by atoms with Crippen molar-refractivity contribution >= 4 is 17.0 Å². The Hall–Kier alpha value is -1.69. The SMILES string of the molecule is Nc1nc2c(F)cc(F)cc2n1C1CCN2CCCCC12. The van der Waals surface area contributed by atoms with Crippen LogP contribution in [-0.2, 0) is 0 Å². The maximum atomic E-state index is 13.9. The van der Waals surface area contributed by atoms with Gasteiger partial charge in [-0.3, -0.25) is 4.90 Å². The minimum atomic E-state index is -0.644. The van der Waals surface area contributed by atoms with Gasteiger partial charge in [-0.2, -0.15) is 0 Å². The monoisotopic (exact) mass is 292 g/mol. The molecule has 0 amide bonds. The lowest BCUT2D eigenvalue weighted by Gasteiger charge is -2.33. The van der Waals surface area contributed by atoms with E-state index in [4.69, 9.17) is 5.73 Å². The number of anilines is 1. The van der Waals surface area contributed by atoms with Crippen LogP contribution in [0.5, 0.6) is 0 Å². The van der Waals surface area contributed by atoms with Gasteiger partial charge in [-0.25, -0.2) is 13.8 Å². The highest BCUT2D eigenvalue weighted by Crippen LogP contribution is 2.38. The standard InChI is InChI=1S/C15H18F2N4/c16-9-7-10(17)14-13(8-9)21(15(18)19-14)12-4-6-20-5-2-1-3-11(12)20/h7-8,11-12H,1-6H2,(H2,18,19). The van der Waals surface area contributed by atoms with Crippen molar-refractivity contribution in [3.8, 4) is 0 Å². The molecule has 21 heavy (non-hydrogen) atoms. The molecule has 1 aromatic heterocycles. The summed E-state index contributed by atoms with van der Waals surface area (Å²) in [5.41, 5.74) is 6.66. The molecule has 4 nitrogen and oxygen atoms in total. The van der Waals surface area contributed by atoms with E-state index >= 15 is 0 Å². The Bertz CT molecular complexity index is 697. The van der Waals surface area contributed by atoms with Crippen LogP contribution in [0.25, 0.3) is 11.0 Å². The van der Waals surface area contributed by atoms with Crippen LogP contribution in [-0.4, -0.2) is 33.6 Å². The van der Waals surface area contributed by atoms with Gasteiger partial charge in [-0.15, -0.1) is 0 Å². The first-order valence-corrected chi connectivity index (χ1v) is 7.51. The lowest BCUT2D eigenvalue weighted by atomic mass is 9.98. The van der Waals surface area contributed by atoms with Crippen molar-refractivity contribution in [3.63, 3.8) is 0 Å². The Kier molecular flexibility index (Phi) is 2.89. The van der Waals surface area contributed by atoms with Crippen LogP contribution in [0.4, 0.5) is 14.7 Å². The third-order valence-electron chi connectivity index (χ3n) is 4.89. The van der Waals surface area contributed by atoms with Crippen LogP contribution in [0.3, 0.4) is 0 Å². The van der Waals surface area contributed by atoms with Crippen LogP contribution in [0.15, 0.2) is 12.1 Å². The van der Waals surface area contributed by atoms with Gasteiger partial charge in [0.1, 0.15) is 11.3 Å². The second-order valence-corrected chi connectivity index (χ2v) is 6.05. The predicted octanol–water partition coefficient (Wildman–Crippen LogP) is 2.70. The zero-order valence-electron chi connectivity index (χ0n) is 11.7. The molecular formula is C15H18F2N4. The lowest BCUT2D eigenvalue weighted by Crippen LogP contribution is -2.37. The van der Waals surface area contributed by atoms with E-state index in [0.29, 0.717) is 11.6 Å².